The number of hydrogen-bond acceptors (Lipinski definition) is 4. The summed E-state index contributed by atoms with van der Waals surface area (Å²) in [5.41, 5.74) is 2.27. The molecule has 0 unspecified atom stereocenters. The van der Waals surface area contributed by atoms with Crippen molar-refractivity contribution in [2.75, 3.05) is 32.8 Å². The van der Waals surface area contributed by atoms with Gasteiger partial charge in [-0.2, -0.15) is 0 Å². The minimum atomic E-state index is -0.739. The number of benzene rings is 2. The minimum absolute atomic E-state index is 0.163. The SMILES string of the molecule is Fc1ccc(C2(CCCN3CCC(c4csc5cc(F)ccc45)CC3)OCCO2)cc1. The van der Waals surface area contributed by atoms with Gasteiger partial charge in [-0.3, -0.25) is 0 Å². The van der Waals surface area contributed by atoms with Crippen LogP contribution >= 0.6 is 11.3 Å². The maximum Gasteiger partial charge on any atom is 0.195 e. The smallest absolute Gasteiger partial charge is 0.195 e. The second kappa shape index (κ2) is 8.94. The topological polar surface area (TPSA) is 21.7 Å². The van der Waals surface area contributed by atoms with E-state index in [0.717, 1.165) is 55.6 Å². The van der Waals surface area contributed by atoms with E-state index in [1.165, 1.54) is 23.1 Å². The van der Waals surface area contributed by atoms with Crippen molar-refractivity contribution in [3.8, 4) is 0 Å². The average Bonchev–Trinajstić information content (AvgIpc) is 3.42. The molecular formula is C25H27F2NO2S. The summed E-state index contributed by atoms with van der Waals surface area (Å²) in [7, 11) is 0. The van der Waals surface area contributed by atoms with Gasteiger partial charge in [0.15, 0.2) is 5.79 Å². The van der Waals surface area contributed by atoms with Gasteiger partial charge in [-0.1, -0.05) is 18.2 Å². The number of ether oxygens (including phenoxy) is 2. The van der Waals surface area contributed by atoms with Gasteiger partial charge < -0.3 is 14.4 Å². The lowest BCUT2D eigenvalue weighted by atomic mass is 9.89. The molecule has 2 aliphatic heterocycles. The Labute approximate surface area is 185 Å². The quantitative estimate of drug-likeness (QED) is 0.464. The molecule has 0 aliphatic carbocycles. The van der Waals surface area contributed by atoms with Crippen molar-refractivity contribution in [3.05, 3.63) is 70.6 Å². The Morgan fingerprint density at radius 2 is 1.68 bits per heavy atom. The number of nitrogens with zero attached hydrogens (tertiary/aromatic N) is 1. The predicted molar refractivity (Wildman–Crippen MR) is 119 cm³/mol. The van der Waals surface area contributed by atoms with Crippen LogP contribution in [0.3, 0.4) is 0 Å². The van der Waals surface area contributed by atoms with E-state index in [9.17, 15) is 8.78 Å². The van der Waals surface area contributed by atoms with Gasteiger partial charge in [-0.25, -0.2) is 8.78 Å². The highest BCUT2D eigenvalue weighted by Crippen LogP contribution is 2.38. The molecular weight excluding hydrogens is 416 g/mol. The van der Waals surface area contributed by atoms with Crippen LogP contribution in [0, 0.1) is 11.6 Å². The summed E-state index contributed by atoms with van der Waals surface area (Å²) in [6, 6.07) is 11.6. The van der Waals surface area contributed by atoms with Crippen LogP contribution < -0.4 is 0 Å². The molecule has 2 fully saturated rings. The third-order valence-electron chi connectivity index (χ3n) is 6.61. The van der Waals surface area contributed by atoms with Crippen molar-refractivity contribution in [1.82, 2.24) is 4.90 Å². The zero-order valence-corrected chi connectivity index (χ0v) is 18.3. The van der Waals surface area contributed by atoms with Crippen LogP contribution in [-0.4, -0.2) is 37.7 Å². The molecule has 3 heterocycles. The minimum Gasteiger partial charge on any atom is -0.343 e. The van der Waals surface area contributed by atoms with Crippen molar-refractivity contribution in [3.63, 3.8) is 0 Å². The summed E-state index contributed by atoms with van der Waals surface area (Å²) in [6.07, 6.45) is 3.97. The molecule has 3 aromatic rings. The molecule has 0 atom stereocenters. The number of hydrogen-bond donors (Lipinski definition) is 0. The zero-order valence-electron chi connectivity index (χ0n) is 17.5. The average molecular weight is 444 g/mol. The molecule has 164 valence electrons. The summed E-state index contributed by atoms with van der Waals surface area (Å²) < 4.78 is 39.8. The van der Waals surface area contributed by atoms with Crippen LogP contribution in [0.5, 0.6) is 0 Å². The molecule has 3 nitrogen and oxygen atoms in total. The van der Waals surface area contributed by atoms with Gasteiger partial charge >= 0.3 is 0 Å². The highest BCUT2D eigenvalue weighted by molar-refractivity contribution is 7.17. The highest BCUT2D eigenvalue weighted by atomic mass is 32.1. The van der Waals surface area contributed by atoms with Crippen LogP contribution in [0.2, 0.25) is 0 Å². The van der Waals surface area contributed by atoms with Crippen LogP contribution in [0.1, 0.15) is 42.7 Å². The van der Waals surface area contributed by atoms with E-state index in [1.807, 2.05) is 6.07 Å². The molecule has 0 N–H and O–H groups in total. The van der Waals surface area contributed by atoms with Gasteiger partial charge in [0.05, 0.1) is 13.2 Å². The van der Waals surface area contributed by atoms with Crippen molar-refractivity contribution in [2.24, 2.45) is 0 Å². The summed E-state index contributed by atoms with van der Waals surface area (Å²) in [5, 5.41) is 3.42. The number of rotatable bonds is 6. The Balaban J connectivity index is 1.16. The predicted octanol–water partition coefficient (Wildman–Crippen LogP) is 6.04. The first-order valence-corrected chi connectivity index (χ1v) is 11.9. The number of piperidine rings is 1. The van der Waals surface area contributed by atoms with Gasteiger partial charge in [0.1, 0.15) is 11.6 Å². The fourth-order valence-electron chi connectivity index (χ4n) is 4.96. The summed E-state index contributed by atoms with van der Waals surface area (Å²) in [4.78, 5) is 2.51. The molecule has 31 heavy (non-hydrogen) atoms. The van der Waals surface area contributed by atoms with Gasteiger partial charge in [-0.15, -0.1) is 11.3 Å². The molecule has 2 aliphatic rings. The standard InChI is InChI=1S/C25H27F2NO2S/c26-20-4-2-19(3-5-20)25(29-14-15-30-25)10-1-11-28-12-8-18(9-13-28)23-17-31-24-16-21(27)6-7-22(23)24/h2-7,16-18H,1,8-15H2. The van der Waals surface area contributed by atoms with E-state index in [-0.39, 0.29) is 11.6 Å². The van der Waals surface area contributed by atoms with E-state index in [4.69, 9.17) is 9.47 Å². The zero-order chi connectivity index (χ0) is 21.3. The lowest BCUT2D eigenvalue weighted by Crippen LogP contribution is -2.35. The second-order valence-electron chi connectivity index (χ2n) is 8.51. The molecule has 1 aromatic heterocycles. The number of halogens is 2. The lowest BCUT2D eigenvalue weighted by molar-refractivity contribution is -0.172. The van der Waals surface area contributed by atoms with Gasteiger partial charge in [0.25, 0.3) is 0 Å². The number of fused-ring (bicyclic) bond motifs is 1. The van der Waals surface area contributed by atoms with E-state index in [1.54, 1.807) is 35.6 Å². The number of likely N-dealkylation sites (tertiary alicyclic amines) is 1. The maximum absolute atomic E-state index is 13.5. The molecule has 0 spiro atoms. The normalized spacial score (nSPS) is 19.9. The van der Waals surface area contributed by atoms with Crippen molar-refractivity contribution < 1.29 is 18.3 Å². The highest BCUT2D eigenvalue weighted by Gasteiger charge is 2.38. The first kappa shape index (κ1) is 21.0. The van der Waals surface area contributed by atoms with Crippen LogP contribution in [0.25, 0.3) is 10.1 Å². The fourth-order valence-corrected chi connectivity index (χ4v) is 6.02. The van der Waals surface area contributed by atoms with E-state index >= 15 is 0 Å². The van der Waals surface area contributed by atoms with E-state index in [2.05, 4.69) is 10.3 Å². The largest absolute Gasteiger partial charge is 0.343 e. The molecule has 0 saturated carbocycles. The van der Waals surface area contributed by atoms with Gasteiger partial charge in [0, 0.05) is 16.7 Å². The van der Waals surface area contributed by atoms with Crippen molar-refractivity contribution >= 4 is 21.4 Å². The van der Waals surface area contributed by atoms with Crippen LogP contribution in [0.15, 0.2) is 47.8 Å². The Bertz CT molecular complexity index is 1020. The third-order valence-corrected chi connectivity index (χ3v) is 7.58. The van der Waals surface area contributed by atoms with Crippen LogP contribution in [-0.2, 0) is 15.3 Å². The van der Waals surface area contributed by atoms with Crippen molar-refractivity contribution in [1.29, 1.82) is 0 Å². The van der Waals surface area contributed by atoms with E-state index in [0.29, 0.717) is 19.1 Å². The fraction of sp³-hybridized carbons (Fsp3) is 0.440. The molecule has 6 heteroatoms. The maximum atomic E-state index is 13.5. The lowest BCUT2D eigenvalue weighted by Gasteiger charge is -2.33. The Morgan fingerprint density at radius 1 is 0.968 bits per heavy atom. The molecule has 2 saturated heterocycles. The molecule has 2 aromatic carbocycles. The number of thiophene rings is 1. The van der Waals surface area contributed by atoms with E-state index < -0.39 is 5.79 Å². The Kier molecular flexibility index (Phi) is 6.06. The second-order valence-corrected chi connectivity index (χ2v) is 9.42. The third kappa shape index (κ3) is 4.40. The first-order valence-electron chi connectivity index (χ1n) is 11.1. The molecule has 5 rings (SSSR count). The molecule has 0 radical (unpaired) electrons. The Hall–Kier alpha value is -1.86. The summed E-state index contributed by atoms with van der Waals surface area (Å²) in [5.74, 6) is -0.605. The van der Waals surface area contributed by atoms with Gasteiger partial charge in [0.2, 0.25) is 0 Å². The molecule has 0 amide bonds. The van der Waals surface area contributed by atoms with Crippen LogP contribution in [0.4, 0.5) is 8.78 Å². The van der Waals surface area contributed by atoms with Crippen molar-refractivity contribution in [2.45, 2.75) is 37.4 Å². The summed E-state index contributed by atoms with van der Waals surface area (Å²) >= 11 is 1.64. The monoisotopic (exact) mass is 443 g/mol. The molecule has 0 bridgehead atoms. The summed E-state index contributed by atoms with van der Waals surface area (Å²) in [6.45, 7) is 4.27. The Morgan fingerprint density at radius 3 is 2.42 bits per heavy atom. The van der Waals surface area contributed by atoms with Gasteiger partial charge in [-0.05, 0) is 85.4 Å². The first-order chi connectivity index (χ1) is 15.1.